The van der Waals surface area contributed by atoms with E-state index in [1.165, 1.54) is 0 Å². The van der Waals surface area contributed by atoms with Gasteiger partial charge in [-0.2, -0.15) is 0 Å². The molecule has 0 saturated carbocycles. The Balaban J connectivity index is 1.68. The minimum atomic E-state index is -2.88. The van der Waals surface area contributed by atoms with E-state index in [2.05, 4.69) is 4.98 Å². The topological polar surface area (TPSA) is 63.4 Å². The van der Waals surface area contributed by atoms with Crippen LogP contribution < -0.4 is 0 Å². The van der Waals surface area contributed by atoms with Crippen molar-refractivity contribution < 1.29 is 12.8 Å². The molecule has 7 heteroatoms. The molecule has 3 rings (SSSR count). The number of oxazole rings is 1. The zero-order valence-electron chi connectivity index (χ0n) is 12.2. The van der Waals surface area contributed by atoms with Gasteiger partial charge in [-0.1, -0.05) is 11.6 Å². The first kappa shape index (κ1) is 15.5. The van der Waals surface area contributed by atoms with E-state index in [1.807, 2.05) is 24.1 Å². The summed E-state index contributed by atoms with van der Waals surface area (Å²) in [6, 6.07) is 7.39. The fourth-order valence-electron chi connectivity index (χ4n) is 2.60. The fourth-order valence-corrected chi connectivity index (χ4v) is 4.53. The lowest BCUT2D eigenvalue weighted by Crippen LogP contribution is -2.32. The van der Waals surface area contributed by atoms with Gasteiger partial charge in [0.15, 0.2) is 15.6 Å². The molecule has 1 atom stereocenters. The first-order chi connectivity index (χ1) is 10.4. The van der Waals surface area contributed by atoms with Crippen LogP contribution in [-0.4, -0.2) is 42.9 Å². The van der Waals surface area contributed by atoms with Gasteiger partial charge >= 0.3 is 0 Å². The lowest BCUT2D eigenvalue weighted by Gasteiger charge is -2.20. The van der Waals surface area contributed by atoms with Gasteiger partial charge in [0.25, 0.3) is 0 Å². The second-order valence-corrected chi connectivity index (χ2v) is 8.26. The molecule has 0 N–H and O–H groups in total. The first-order valence-electron chi connectivity index (χ1n) is 7.04. The van der Waals surface area contributed by atoms with Crippen molar-refractivity contribution >= 4 is 21.4 Å². The maximum atomic E-state index is 11.5. The van der Waals surface area contributed by atoms with Gasteiger partial charge in [-0.15, -0.1) is 0 Å². The Morgan fingerprint density at radius 3 is 2.73 bits per heavy atom. The van der Waals surface area contributed by atoms with Crippen LogP contribution in [0.25, 0.3) is 11.3 Å². The molecule has 0 bridgehead atoms. The number of benzene rings is 1. The zero-order chi connectivity index (χ0) is 15.7. The van der Waals surface area contributed by atoms with Crippen LogP contribution in [0.3, 0.4) is 0 Å². The number of hydrogen-bond donors (Lipinski definition) is 0. The highest BCUT2D eigenvalue weighted by Gasteiger charge is 2.31. The summed E-state index contributed by atoms with van der Waals surface area (Å²) >= 11 is 5.87. The SMILES string of the molecule is CN(Cc1ncc(-c2ccc(Cl)cc2)o1)C1CCS(=O)(=O)C1. The molecule has 0 aliphatic carbocycles. The smallest absolute Gasteiger partial charge is 0.209 e. The molecule has 1 aromatic carbocycles. The van der Waals surface area contributed by atoms with Crippen molar-refractivity contribution in [2.45, 2.75) is 19.0 Å². The van der Waals surface area contributed by atoms with E-state index in [4.69, 9.17) is 16.0 Å². The third-order valence-corrected chi connectivity index (χ3v) is 5.90. The first-order valence-corrected chi connectivity index (χ1v) is 9.24. The van der Waals surface area contributed by atoms with E-state index >= 15 is 0 Å². The molecule has 1 unspecified atom stereocenters. The van der Waals surface area contributed by atoms with E-state index in [0.717, 1.165) is 5.56 Å². The Labute approximate surface area is 134 Å². The maximum Gasteiger partial charge on any atom is 0.209 e. The van der Waals surface area contributed by atoms with Crippen molar-refractivity contribution in [2.24, 2.45) is 0 Å². The molecule has 2 aromatic rings. The van der Waals surface area contributed by atoms with Crippen molar-refractivity contribution in [3.63, 3.8) is 0 Å². The van der Waals surface area contributed by atoms with Crippen LogP contribution in [0.1, 0.15) is 12.3 Å². The van der Waals surface area contributed by atoms with Crippen LogP contribution in [-0.2, 0) is 16.4 Å². The molecule has 0 radical (unpaired) electrons. The summed E-state index contributed by atoms with van der Waals surface area (Å²) in [7, 11) is -0.979. The molecule has 1 aliphatic rings. The summed E-state index contributed by atoms with van der Waals surface area (Å²) < 4.78 is 28.8. The van der Waals surface area contributed by atoms with Gasteiger partial charge in [0, 0.05) is 16.6 Å². The number of rotatable bonds is 4. The van der Waals surface area contributed by atoms with E-state index in [9.17, 15) is 8.42 Å². The highest BCUT2D eigenvalue weighted by atomic mass is 35.5. The molecule has 0 spiro atoms. The van der Waals surface area contributed by atoms with E-state index in [0.29, 0.717) is 29.6 Å². The number of nitrogens with zero attached hydrogens (tertiary/aromatic N) is 2. The quantitative estimate of drug-likeness (QED) is 0.856. The summed E-state index contributed by atoms with van der Waals surface area (Å²) in [6.45, 7) is 0.494. The Kier molecular flexibility index (Phi) is 4.25. The van der Waals surface area contributed by atoms with Crippen molar-refractivity contribution in [3.05, 3.63) is 41.4 Å². The summed E-state index contributed by atoms with van der Waals surface area (Å²) in [5.74, 6) is 1.74. The molecule has 1 saturated heterocycles. The van der Waals surface area contributed by atoms with Gasteiger partial charge in [-0.3, -0.25) is 4.90 Å². The number of hydrogen-bond acceptors (Lipinski definition) is 5. The highest BCUT2D eigenvalue weighted by Crippen LogP contribution is 2.24. The monoisotopic (exact) mass is 340 g/mol. The standard InChI is InChI=1S/C15H17ClN2O3S/c1-18(13-6-7-22(19,20)10-13)9-15-17-8-14(21-15)11-2-4-12(16)5-3-11/h2-5,8,13H,6-7,9-10H2,1H3. The molecule has 0 amide bonds. The van der Waals surface area contributed by atoms with Crippen molar-refractivity contribution in [1.82, 2.24) is 9.88 Å². The number of halogens is 1. The largest absolute Gasteiger partial charge is 0.439 e. The average Bonchev–Trinajstić information content (AvgIpc) is 3.06. The number of aromatic nitrogens is 1. The highest BCUT2D eigenvalue weighted by molar-refractivity contribution is 7.91. The Morgan fingerprint density at radius 2 is 2.09 bits per heavy atom. The predicted octanol–water partition coefficient (Wildman–Crippen LogP) is 2.61. The molecule has 1 fully saturated rings. The van der Waals surface area contributed by atoms with Crippen LogP contribution >= 0.6 is 11.6 Å². The summed E-state index contributed by atoms with van der Waals surface area (Å²) in [5.41, 5.74) is 0.911. The third-order valence-electron chi connectivity index (χ3n) is 3.90. The molecular weight excluding hydrogens is 324 g/mol. The van der Waals surface area contributed by atoms with Crippen LogP contribution in [0.4, 0.5) is 0 Å². The van der Waals surface area contributed by atoms with E-state index in [-0.39, 0.29) is 17.5 Å². The van der Waals surface area contributed by atoms with Gasteiger partial charge < -0.3 is 4.42 Å². The maximum absolute atomic E-state index is 11.5. The van der Waals surface area contributed by atoms with Crippen molar-refractivity contribution in [2.75, 3.05) is 18.6 Å². The van der Waals surface area contributed by atoms with Crippen LogP contribution in [0, 0.1) is 0 Å². The minimum absolute atomic E-state index is 0.0379. The van der Waals surface area contributed by atoms with Gasteiger partial charge in [0.2, 0.25) is 5.89 Å². The van der Waals surface area contributed by atoms with Crippen LogP contribution in [0.2, 0.25) is 5.02 Å². The normalized spacial score (nSPS) is 20.6. The second kappa shape index (κ2) is 6.02. The Hall–Kier alpha value is -1.37. The van der Waals surface area contributed by atoms with Crippen molar-refractivity contribution in [3.8, 4) is 11.3 Å². The lowest BCUT2D eigenvalue weighted by molar-refractivity contribution is 0.230. The average molecular weight is 341 g/mol. The molecule has 118 valence electrons. The van der Waals surface area contributed by atoms with Crippen LogP contribution in [0.15, 0.2) is 34.9 Å². The summed E-state index contributed by atoms with van der Waals surface area (Å²) in [5, 5.41) is 0.672. The predicted molar refractivity (Wildman–Crippen MR) is 85.5 cm³/mol. The van der Waals surface area contributed by atoms with Crippen molar-refractivity contribution in [1.29, 1.82) is 0 Å². The lowest BCUT2D eigenvalue weighted by atomic mass is 10.2. The summed E-state index contributed by atoms with van der Waals surface area (Å²) in [6.07, 6.45) is 2.35. The Morgan fingerprint density at radius 1 is 1.36 bits per heavy atom. The zero-order valence-corrected chi connectivity index (χ0v) is 13.8. The fraction of sp³-hybridized carbons (Fsp3) is 0.400. The second-order valence-electron chi connectivity index (χ2n) is 5.60. The summed E-state index contributed by atoms with van der Waals surface area (Å²) in [4.78, 5) is 6.26. The molecule has 22 heavy (non-hydrogen) atoms. The Bertz CT molecular complexity index is 755. The van der Waals surface area contributed by atoms with Gasteiger partial charge in [0.05, 0.1) is 24.2 Å². The molecule has 1 aliphatic heterocycles. The van der Waals surface area contributed by atoms with E-state index in [1.54, 1.807) is 18.3 Å². The molecular formula is C15H17ClN2O3S. The van der Waals surface area contributed by atoms with E-state index < -0.39 is 9.84 Å². The molecule has 5 nitrogen and oxygen atoms in total. The van der Waals surface area contributed by atoms with Gasteiger partial charge in [0.1, 0.15) is 0 Å². The molecule has 2 heterocycles. The third kappa shape index (κ3) is 3.51. The number of sulfone groups is 1. The minimum Gasteiger partial charge on any atom is -0.439 e. The van der Waals surface area contributed by atoms with Crippen LogP contribution in [0.5, 0.6) is 0 Å². The van der Waals surface area contributed by atoms with Gasteiger partial charge in [-0.25, -0.2) is 13.4 Å². The molecule has 1 aromatic heterocycles. The van der Waals surface area contributed by atoms with Gasteiger partial charge in [-0.05, 0) is 37.7 Å².